The van der Waals surface area contributed by atoms with Gasteiger partial charge in [0, 0.05) is 19.7 Å². The van der Waals surface area contributed by atoms with Crippen molar-refractivity contribution < 1.29 is 14.6 Å². The van der Waals surface area contributed by atoms with Crippen molar-refractivity contribution in [3.05, 3.63) is 0 Å². The number of hydrogen-bond acceptors (Lipinski definition) is 4. The van der Waals surface area contributed by atoms with E-state index < -0.39 is 0 Å². The van der Waals surface area contributed by atoms with Crippen molar-refractivity contribution in [1.29, 1.82) is 0 Å². The first-order chi connectivity index (χ1) is 8.21. The van der Waals surface area contributed by atoms with E-state index in [-0.39, 0.29) is 24.7 Å². The van der Waals surface area contributed by atoms with E-state index in [4.69, 9.17) is 15.6 Å². The summed E-state index contributed by atoms with van der Waals surface area (Å²) in [5, 5.41) is 11.7. The third-order valence-electron chi connectivity index (χ3n) is 3.34. The average Bonchev–Trinajstić information content (AvgIpc) is 2.82. The molecular formula is C12H24N2O3. The summed E-state index contributed by atoms with van der Waals surface area (Å²) in [7, 11) is 0. The van der Waals surface area contributed by atoms with Gasteiger partial charge >= 0.3 is 0 Å². The summed E-state index contributed by atoms with van der Waals surface area (Å²) in [6.07, 6.45) is 3.00. The highest BCUT2D eigenvalue weighted by molar-refractivity contribution is 5.81. The molecule has 0 aliphatic carbocycles. The number of aliphatic hydroxyl groups is 1. The number of nitrogens with two attached hydrogens (primary N) is 1. The average molecular weight is 244 g/mol. The zero-order chi connectivity index (χ0) is 12.7. The summed E-state index contributed by atoms with van der Waals surface area (Å²) in [5.41, 5.74) is 5.49. The normalized spacial score (nSPS) is 25.8. The number of nitrogens with one attached hydrogen (secondary N) is 1. The summed E-state index contributed by atoms with van der Waals surface area (Å²) < 4.78 is 5.51. The van der Waals surface area contributed by atoms with Gasteiger partial charge in [-0.15, -0.1) is 0 Å². The van der Waals surface area contributed by atoms with Crippen molar-refractivity contribution in [2.75, 3.05) is 19.7 Å². The van der Waals surface area contributed by atoms with Gasteiger partial charge in [-0.25, -0.2) is 0 Å². The molecule has 17 heavy (non-hydrogen) atoms. The van der Waals surface area contributed by atoms with E-state index in [1.165, 1.54) is 0 Å². The van der Waals surface area contributed by atoms with Gasteiger partial charge in [0.2, 0.25) is 5.91 Å². The van der Waals surface area contributed by atoms with Gasteiger partial charge in [0.15, 0.2) is 0 Å². The monoisotopic (exact) mass is 244 g/mol. The van der Waals surface area contributed by atoms with Gasteiger partial charge in [0.25, 0.3) is 0 Å². The Morgan fingerprint density at radius 2 is 2.35 bits per heavy atom. The molecule has 5 nitrogen and oxygen atoms in total. The Morgan fingerprint density at radius 3 is 2.88 bits per heavy atom. The van der Waals surface area contributed by atoms with Crippen LogP contribution in [0.15, 0.2) is 0 Å². The fourth-order valence-corrected chi connectivity index (χ4v) is 2.06. The van der Waals surface area contributed by atoms with Crippen LogP contribution in [-0.4, -0.2) is 42.9 Å². The molecule has 3 unspecified atom stereocenters. The highest BCUT2D eigenvalue weighted by Gasteiger charge is 2.29. The topological polar surface area (TPSA) is 84.6 Å². The summed E-state index contributed by atoms with van der Waals surface area (Å²) in [6.45, 7) is 3.32. The van der Waals surface area contributed by atoms with E-state index in [1.54, 1.807) is 0 Å². The first-order valence-electron chi connectivity index (χ1n) is 6.45. The van der Waals surface area contributed by atoms with Crippen molar-refractivity contribution in [2.24, 2.45) is 11.7 Å². The molecule has 0 radical (unpaired) electrons. The molecule has 1 heterocycles. The van der Waals surface area contributed by atoms with Crippen molar-refractivity contribution in [3.8, 4) is 0 Å². The van der Waals surface area contributed by atoms with Gasteiger partial charge in [-0.05, 0) is 25.2 Å². The van der Waals surface area contributed by atoms with Crippen LogP contribution in [0.25, 0.3) is 0 Å². The zero-order valence-electron chi connectivity index (χ0n) is 10.5. The molecule has 1 fully saturated rings. The van der Waals surface area contributed by atoms with Crippen LogP contribution in [0.4, 0.5) is 0 Å². The Kier molecular flexibility index (Phi) is 6.47. The Balaban J connectivity index is 2.25. The molecule has 1 rings (SSSR count). The molecule has 1 aliphatic rings. The number of amides is 1. The number of aliphatic hydroxyl groups excluding tert-OH is 1. The van der Waals surface area contributed by atoms with Crippen molar-refractivity contribution >= 4 is 5.91 Å². The summed E-state index contributed by atoms with van der Waals surface area (Å²) >= 11 is 0. The van der Waals surface area contributed by atoms with Crippen LogP contribution >= 0.6 is 0 Å². The molecular weight excluding hydrogens is 220 g/mol. The molecule has 0 aromatic rings. The SMILES string of the molecule is CCC(CCO)CNC(=O)C1CCC(CN)O1. The smallest absolute Gasteiger partial charge is 0.249 e. The van der Waals surface area contributed by atoms with E-state index in [1.807, 2.05) is 0 Å². The molecule has 100 valence electrons. The van der Waals surface area contributed by atoms with Crippen molar-refractivity contribution in [1.82, 2.24) is 5.32 Å². The minimum Gasteiger partial charge on any atom is -0.396 e. The lowest BCUT2D eigenvalue weighted by atomic mass is 10.0. The third kappa shape index (κ3) is 4.61. The Bertz CT molecular complexity index is 236. The number of hydrogen-bond donors (Lipinski definition) is 3. The maximum absolute atomic E-state index is 11.8. The molecule has 1 aliphatic heterocycles. The van der Waals surface area contributed by atoms with Crippen LogP contribution in [-0.2, 0) is 9.53 Å². The molecule has 4 N–H and O–H groups in total. The largest absolute Gasteiger partial charge is 0.396 e. The summed E-state index contributed by atoms with van der Waals surface area (Å²) in [5.74, 6) is 0.299. The van der Waals surface area contributed by atoms with Crippen LogP contribution < -0.4 is 11.1 Å². The van der Waals surface area contributed by atoms with Crippen LogP contribution in [0.3, 0.4) is 0 Å². The minimum absolute atomic E-state index is 0.0326. The second-order valence-corrected chi connectivity index (χ2v) is 4.59. The maximum atomic E-state index is 11.8. The second-order valence-electron chi connectivity index (χ2n) is 4.59. The van der Waals surface area contributed by atoms with Gasteiger partial charge in [-0.3, -0.25) is 4.79 Å². The Hall–Kier alpha value is -0.650. The molecule has 1 saturated heterocycles. The lowest BCUT2D eigenvalue weighted by Gasteiger charge is -2.17. The van der Waals surface area contributed by atoms with Gasteiger partial charge in [-0.1, -0.05) is 13.3 Å². The number of ether oxygens (including phenoxy) is 1. The first-order valence-corrected chi connectivity index (χ1v) is 6.45. The predicted molar refractivity (Wildman–Crippen MR) is 65.4 cm³/mol. The fourth-order valence-electron chi connectivity index (χ4n) is 2.06. The summed E-state index contributed by atoms with van der Waals surface area (Å²) in [6, 6.07) is 0. The van der Waals surface area contributed by atoms with Crippen LogP contribution in [0, 0.1) is 5.92 Å². The standard InChI is InChI=1S/C12H24N2O3/c1-2-9(5-6-15)8-14-12(16)11-4-3-10(7-13)17-11/h9-11,15H,2-8,13H2,1H3,(H,14,16). The highest BCUT2D eigenvalue weighted by Crippen LogP contribution is 2.19. The molecule has 0 aromatic carbocycles. The predicted octanol–water partition coefficient (Wildman–Crippen LogP) is 0.0175. The third-order valence-corrected chi connectivity index (χ3v) is 3.34. The Labute approximate surface area is 103 Å². The number of carbonyl (C=O) groups excluding carboxylic acids is 1. The molecule has 0 spiro atoms. The van der Waals surface area contributed by atoms with Crippen LogP contribution in [0.1, 0.15) is 32.6 Å². The number of carbonyl (C=O) groups is 1. The highest BCUT2D eigenvalue weighted by atomic mass is 16.5. The molecule has 0 bridgehead atoms. The Morgan fingerprint density at radius 1 is 1.59 bits per heavy atom. The minimum atomic E-state index is -0.338. The van der Waals surface area contributed by atoms with Gasteiger partial charge < -0.3 is 20.9 Å². The van der Waals surface area contributed by atoms with Crippen molar-refractivity contribution in [2.45, 2.75) is 44.8 Å². The molecule has 0 aromatic heterocycles. The van der Waals surface area contributed by atoms with E-state index in [0.717, 1.165) is 25.7 Å². The lowest BCUT2D eigenvalue weighted by molar-refractivity contribution is -0.132. The van der Waals surface area contributed by atoms with Crippen LogP contribution in [0.5, 0.6) is 0 Å². The molecule has 3 atom stereocenters. The second kappa shape index (κ2) is 7.63. The molecule has 0 saturated carbocycles. The molecule has 5 heteroatoms. The quantitative estimate of drug-likeness (QED) is 0.589. The fraction of sp³-hybridized carbons (Fsp3) is 0.917. The lowest BCUT2D eigenvalue weighted by Crippen LogP contribution is -2.38. The molecule has 1 amide bonds. The van der Waals surface area contributed by atoms with Gasteiger partial charge in [0.05, 0.1) is 6.10 Å². The van der Waals surface area contributed by atoms with E-state index in [9.17, 15) is 4.79 Å². The van der Waals surface area contributed by atoms with Gasteiger partial charge in [-0.2, -0.15) is 0 Å². The van der Waals surface area contributed by atoms with E-state index in [0.29, 0.717) is 19.0 Å². The van der Waals surface area contributed by atoms with Crippen LogP contribution in [0.2, 0.25) is 0 Å². The zero-order valence-corrected chi connectivity index (χ0v) is 10.5. The van der Waals surface area contributed by atoms with Crippen molar-refractivity contribution in [3.63, 3.8) is 0 Å². The van der Waals surface area contributed by atoms with E-state index >= 15 is 0 Å². The van der Waals surface area contributed by atoms with E-state index in [2.05, 4.69) is 12.2 Å². The first kappa shape index (κ1) is 14.4. The summed E-state index contributed by atoms with van der Waals surface area (Å²) in [4.78, 5) is 11.8. The van der Waals surface area contributed by atoms with Gasteiger partial charge in [0.1, 0.15) is 6.10 Å². The number of rotatable bonds is 7. The maximum Gasteiger partial charge on any atom is 0.249 e.